The van der Waals surface area contributed by atoms with E-state index in [0.29, 0.717) is 24.0 Å². The Balaban J connectivity index is 1.32. The number of phenols is 1. The second kappa shape index (κ2) is 12.7. The number of halogens is 1. The predicted octanol–water partition coefficient (Wildman–Crippen LogP) is 6.97. The molecule has 3 aromatic carbocycles. The van der Waals surface area contributed by atoms with Crippen molar-refractivity contribution >= 4 is 5.69 Å². The van der Waals surface area contributed by atoms with Gasteiger partial charge in [0.2, 0.25) is 0 Å². The van der Waals surface area contributed by atoms with E-state index in [4.69, 9.17) is 9.47 Å². The molecule has 0 fully saturated rings. The number of methoxy groups -OCH3 is 1. The molecular formula is C33H43FN2O3. The topological polar surface area (TPSA) is 54.0 Å². The van der Waals surface area contributed by atoms with Gasteiger partial charge in [0.05, 0.1) is 7.11 Å². The summed E-state index contributed by atoms with van der Waals surface area (Å²) in [5, 5.41) is 13.5. The zero-order valence-electron chi connectivity index (χ0n) is 24.0. The van der Waals surface area contributed by atoms with E-state index in [1.54, 1.807) is 25.3 Å². The SMILES string of the molecule is COc1ccc(C2CCc3cc(O)ccc3C2)c(NCCCc2ccc(OCCN(C)C(C)(C)C)c(F)c2)c1. The number of aryl methyl sites for hydroxylation is 2. The molecule has 39 heavy (non-hydrogen) atoms. The highest BCUT2D eigenvalue weighted by molar-refractivity contribution is 5.57. The third-order valence-corrected chi connectivity index (χ3v) is 7.90. The van der Waals surface area contributed by atoms with Gasteiger partial charge in [-0.1, -0.05) is 18.2 Å². The predicted molar refractivity (Wildman–Crippen MR) is 157 cm³/mol. The number of ether oxygens (including phenoxy) is 2. The molecular weight excluding hydrogens is 491 g/mol. The second-order valence-corrected chi connectivity index (χ2v) is 11.6. The van der Waals surface area contributed by atoms with Crippen LogP contribution >= 0.6 is 0 Å². The van der Waals surface area contributed by atoms with Gasteiger partial charge in [0, 0.05) is 30.4 Å². The molecule has 0 heterocycles. The fourth-order valence-corrected chi connectivity index (χ4v) is 5.14. The Morgan fingerprint density at radius 1 is 1.05 bits per heavy atom. The molecule has 1 aliphatic carbocycles. The van der Waals surface area contributed by atoms with Crippen LogP contribution in [-0.4, -0.2) is 49.4 Å². The van der Waals surface area contributed by atoms with Gasteiger partial charge in [-0.3, -0.25) is 4.90 Å². The number of hydrogen-bond acceptors (Lipinski definition) is 5. The summed E-state index contributed by atoms with van der Waals surface area (Å²) in [6.07, 6.45) is 4.60. The maximum absolute atomic E-state index is 14.7. The van der Waals surface area contributed by atoms with E-state index in [2.05, 4.69) is 43.1 Å². The third-order valence-electron chi connectivity index (χ3n) is 7.90. The zero-order chi connectivity index (χ0) is 28.0. The van der Waals surface area contributed by atoms with Crippen molar-refractivity contribution in [2.24, 2.45) is 0 Å². The van der Waals surface area contributed by atoms with Crippen molar-refractivity contribution in [2.45, 2.75) is 64.3 Å². The largest absolute Gasteiger partial charge is 0.508 e. The van der Waals surface area contributed by atoms with E-state index in [9.17, 15) is 9.50 Å². The molecule has 210 valence electrons. The molecule has 5 nitrogen and oxygen atoms in total. The molecule has 0 radical (unpaired) electrons. The number of benzene rings is 3. The van der Waals surface area contributed by atoms with Gasteiger partial charge in [0.25, 0.3) is 0 Å². The number of aromatic hydroxyl groups is 1. The highest BCUT2D eigenvalue weighted by atomic mass is 19.1. The summed E-state index contributed by atoms with van der Waals surface area (Å²) in [4.78, 5) is 2.19. The first-order valence-electron chi connectivity index (χ1n) is 14.0. The normalized spacial score (nSPS) is 15.2. The number of phenolic OH excluding ortho intramolecular Hbond substituents is 1. The molecule has 2 N–H and O–H groups in total. The monoisotopic (exact) mass is 534 g/mol. The summed E-state index contributed by atoms with van der Waals surface area (Å²) >= 11 is 0. The summed E-state index contributed by atoms with van der Waals surface area (Å²) in [5.41, 5.74) is 5.96. The average molecular weight is 535 g/mol. The minimum Gasteiger partial charge on any atom is -0.508 e. The summed E-state index contributed by atoms with van der Waals surface area (Å²) in [6.45, 7) is 8.40. The Hall–Kier alpha value is -3.25. The highest BCUT2D eigenvalue weighted by Gasteiger charge is 2.23. The van der Waals surface area contributed by atoms with Crippen molar-refractivity contribution in [3.05, 3.63) is 82.7 Å². The molecule has 0 amide bonds. The standard InChI is InChI=1S/C33H43FN2O3/c1-33(2,3)36(4)17-18-39-32-15-8-23(19-30(32)34)7-6-16-35-31-22-28(38-5)13-14-29(31)26-10-9-25-21-27(37)12-11-24(25)20-26/h8,11-15,19,21-22,26,35,37H,6-7,9-10,16-18,20H2,1-5H3. The maximum Gasteiger partial charge on any atom is 0.165 e. The molecule has 4 rings (SSSR count). The Morgan fingerprint density at radius 2 is 1.87 bits per heavy atom. The lowest BCUT2D eigenvalue weighted by Crippen LogP contribution is -2.40. The van der Waals surface area contributed by atoms with Crippen molar-refractivity contribution in [1.29, 1.82) is 0 Å². The fraction of sp³-hybridized carbons (Fsp3) is 0.455. The van der Waals surface area contributed by atoms with E-state index in [0.717, 1.165) is 62.2 Å². The van der Waals surface area contributed by atoms with Gasteiger partial charge in [-0.05, 0) is 118 Å². The molecule has 3 aromatic rings. The highest BCUT2D eigenvalue weighted by Crippen LogP contribution is 2.38. The first kappa shape index (κ1) is 28.8. The Labute approximate surface area is 233 Å². The van der Waals surface area contributed by atoms with Crippen LogP contribution in [0.3, 0.4) is 0 Å². The second-order valence-electron chi connectivity index (χ2n) is 11.6. The van der Waals surface area contributed by atoms with Crippen LogP contribution in [0.4, 0.5) is 10.1 Å². The Morgan fingerprint density at radius 3 is 2.62 bits per heavy atom. The smallest absolute Gasteiger partial charge is 0.165 e. The van der Waals surface area contributed by atoms with Crippen molar-refractivity contribution < 1.29 is 19.0 Å². The average Bonchev–Trinajstić information content (AvgIpc) is 2.91. The Bertz CT molecular complexity index is 1250. The lowest BCUT2D eigenvalue weighted by molar-refractivity contribution is 0.142. The van der Waals surface area contributed by atoms with E-state index in [-0.39, 0.29) is 11.4 Å². The fourth-order valence-electron chi connectivity index (χ4n) is 5.14. The van der Waals surface area contributed by atoms with E-state index >= 15 is 0 Å². The number of hydrogen-bond donors (Lipinski definition) is 2. The molecule has 0 aromatic heterocycles. The van der Waals surface area contributed by atoms with Gasteiger partial charge < -0.3 is 19.9 Å². The van der Waals surface area contributed by atoms with Gasteiger partial charge >= 0.3 is 0 Å². The van der Waals surface area contributed by atoms with Crippen LogP contribution in [0.5, 0.6) is 17.2 Å². The molecule has 0 saturated heterocycles. The molecule has 0 spiro atoms. The molecule has 6 heteroatoms. The third kappa shape index (κ3) is 7.66. The van der Waals surface area contributed by atoms with Crippen molar-refractivity contribution in [2.75, 3.05) is 39.2 Å². The first-order chi connectivity index (χ1) is 18.6. The van der Waals surface area contributed by atoms with Gasteiger partial charge in [0.1, 0.15) is 18.1 Å². The van der Waals surface area contributed by atoms with Crippen LogP contribution in [-0.2, 0) is 19.3 Å². The number of nitrogens with zero attached hydrogens (tertiary/aromatic N) is 1. The van der Waals surface area contributed by atoms with E-state index < -0.39 is 0 Å². The first-order valence-corrected chi connectivity index (χ1v) is 14.0. The minimum atomic E-state index is -0.306. The zero-order valence-corrected chi connectivity index (χ0v) is 24.0. The van der Waals surface area contributed by atoms with E-state index in [1.165, 1.54) is 16.7 Å². The summed E-state index contributed by atoms with van der Waals surface area (Å²) in [5.74, 6) is 1.57. The quantitative estimate of drug-likeness (QED) is 0.260. The number of anilines is 1. The van der Waals surface area contributed by atoms with Crippen LogP contribution < -0.4 is 14.8 Å². The minimum absolute atomic E-state index is 0.0537. The van der Waals surface area contributed by atoms with Gasteiger partial charge in [-0.15, -0.1) is 0 Å². The number of likely N-dealkylation sites (N-methyl/N-ethyl adjacent to an activating group) is 1. The van der Waals surface area contributed by atoms with Crippen LogP contribution in [0.15, 0.2) is 54.6 Å². The van der Waals surface area contributed by atoms with Crippen LogP contribution in [0.2, 0.25) is 0 Å². The van der Waals surface area contributed by atoms with Crippen LogP contribution in [0.1, 0.15) is 61.8 Å². The molecule has 1 atom stereocenters. The van der Waals surface area contributed by atoms with Crippen LogP contribution in [0.25, 0.3) is 0 Å². The summed E-state index contributed by atoms with van der Waals surface area (Å²) in [6, 6.07) is 17.3. The van der Waals surface area contributed by atoms with Gasteiger partial charge in [0.15, 0.2) is 11.6 Å². The van der Waals surface area contributed by atoms with Gasteiger partial charge in [-0.2, -0.15) is 0 Å². The van der Waals surface area contributed by atoms with E-state index in [1.807, 2.05) is 31.3 Å². The van der Waals surface area contributed by atoms with Crippen LogP contribution in [0, 0.1) is 5.82 Å². The van der Waals surface area contributed by atoms with Crippen molar-refractivity contribution in [3.8, 4) is 17.2 Å². The lowest BCUT2D eigenvalue weighted by atomic mass is 9.79. The van der Waals surface area contributed by atoms with Crippen molar-refractivity contribution in [1.82, 2.24) is 4.90 Å². The molecule has 1 unspecified atom stereocenters. The Kier molecular flexibility index (Phi) is 9.39. The number of nitrogens with one attached hydrogen (secondary N) is 1. The molecule has 0 bridgehead atoms. The summed E-state index contributed by atoms with van der Waals surface area (Å²) in [7, 11) is 3.73. The van der Waals surface area contributed by atoms with Gasteiger partial charge in [-0.25, -0.2) is 4.39 Å². The molecule has 0 saturated carbocycles. The lowest BCUT2D eigenvalue weighted by Gasteiger charge is -2.31. The molecule has 1 aliphatic rings. The number of rotatable bonds is 11. The molecule has 0 aliphatic heterocycles. The maximum atomic E-state index is 14.7. The number of fused-ring (bicyclic) bond motifs is 1. The van der Waals surface area contributed by atoms with Crippen molar-refractivity contribution in [3.63, 3.8) is 0 Å². The summed E-state index contributed by atoms with van der Waals surface area (Å²) < 4.78 is 25.9.